The van der Waals surface area contributed by atoms with E-state index in [-0.39, 0.29) is 12.2 Å². The Bertz CT molecular complexity index is 1230. The van der Waals surface area contributed by atoms with Crippen molar-refractivity contribution in [2.75, 3.05) is 33.2 Å². The van der Waals surface area contributed by atoms with Crippen molar-refractivity contribution in [3.8, 4) is 5.69 Å². The van der Waals surface area contributed by atoms with E-state index in [1.54, 1.807) is 4.90 Å². The summed E-state index contributed by atoms with van der Waals surface area (Å²) in [7, 11) is 1.99. The molecule has 8 heteroatoms. The molecule has 0 saturated carbocycles. The second kappa shape index (κ2) is 8.92. The van der Waals surface area contributed by atoms with Gasteiger partial charge in [0.05, 0.1) is 12.2 Å². The van der Waals surface area contributed by atoms with Crippen molar-refractivity contribution in [3.05, 3.63) is 91.8 Å². The molecule has 0 aliphatic carbocycles. The van der Waals surface area contributed by atoms with Crippen LogP contribution in [-0.4, -0.2) is 63.3 Å². The summed E-state index contributed by atoms with van der Waals surface area (Å²) in [6.45, 7) is 6.39. The van der Waals surface area contributed by atoms with Crippen LogP contribution >= 0.6 is 0 Å². The molecule has 4 rings (SSSR count). The lowest BCUT2D eigenvalue weighted by Gasteiger charge is -2.32. The monoisotopic (exact) mass is 433 g/mol. The van der Waals surface area contributed by atoms with Gasteiger partial charge in [0.1, 0.15) is 0 Å². The number of likely N-dealkylation sites (N-methyl/N-ethyl adjacent to an activating group) is 1. The minimum atomic E-state index is -0.664. The van der Waals surface area contributed by atoms with Crippen molar-refractivity contribution in [2.24, 2.45) is 0 Å². The zero-order valence-corrected chi connectivity index (χ0v) is 18.6. The molecule has 0 radical (unpaired) electrons. The molecule has 1 aliphatic heterocycles. The summed E-state index contributed by atoms with van der Waals surface area (Å²) in [5, 5.41) is 4.29. The fraction of sp³-hybridized carbons (Fsp3) is 0.333. The van der Waals surface area contributed by atoms with Gasteiger partial charge in [-0.25, -0.2) is 4.79 Å². The summed E-state index contributed by atoms with van der Waals surface area (Å²) in [5.74, 6) is -0.442. The Morgan fingerprint density at radius 2 is 1.56 bits per heavy atom. The van der Waals surface area contributed by atoms with E-state index in [2.05, 4.69) is 10.00 Å². The Balaban J connectivity index is 1.87. The standard InChI is InChI=1S/C24H27N5O3/c1-17-13-18(2)15-20(14-17)29-24(32)28(16-19-7-5-4-6-8-19)23(31)21(25-29)22(30)27-11-9-26(3)10-12-27/h4-8,13-15H,9-12,16H2,1-3H3. The van der Waals surface area contributed by atoms with Crippen LogP contribution in [0.25, 0.3) is 5.69 Å². The van der Waals surface area contributed by atoms with Crippen molar-refractivity contribution < 1.29 is 4.79 Å². The summed E-state index contributed by atoms with van der Waals surface area (Å²) in [5.41, 5.74) is 1.78. The zero-order chi connectivity index (χ0) is 22.8. The van der Waals surface area contributed by atoms with E-state index in [0.29, 0.717) is 18.8 Å². The zero-order valence-electron chi connectivity index (χ0n) is 18.6. The number of aromatic nitrogens is 3. The molecule has 2 heterocycles. The summed E-state index contributed by atoms with van der Waals surface area (Å²) in [6.07, 6.45) is 0. The third kappa shape index (κ3) is 4.40. The smallest absolute Gasteiger partial charge is 0.335 e. The van der Waals surface area contributed by atoms with Crippen LogP contribution in [0.2, 0.25) is 0 Å². The van der Waals surface area contributed by atoms with Gasteiger partial charge in [0.2, 0.25) is 5.69 Å². The Morgan fingerprint density at radius 3 is 2.19 bits per heavy atom. The molecule has 1 saturated heterocycles. The maximum atomic E-state index is 13.3. The predicted molar refractivity (Wildman–Crippen MR) is 123 cm³/mol. The summed E-state index contributed by atoms with van der Waals surface area (Å²) in [4.78, 5) is 43.7. The number of amides is 1. The first-order valence-corrected chi connectivity index (χ1v) is 10.7. The van der Waals surface area contributed by atoms with E-state index in [0.717, 1.165) is 34.3 Å². The molecule has 0 spiro atoms. The Morgan fingerprint density at radius 1 is 0.938 bits per heavy atom. The lowest BCUT2D eigenvalue weighted by Crippen LogP contribution is -2.51. The third-order valence-corrected chi connectivity index (χ3v) is 5.69. The molecule has 1 fully saturated rings. The van der Waals surface area contributed by atoms with Crippen LogP contribution in [0.1, 0.15) is 27.2 Å². The second-order valence-corrected chi connectivity index (χ2v) is 8.36. The number of aryl methyl sites for hydroxylation is 2. The van der Waals surface area contributed by atoms with Crippen LogP contribution in [-0.2, 0) is 6.54 Å². The highest BCUT2D eigenvalue weighted by molar-refractivity contribution is 5.92. The van der Waals surface area contributed by atoms with Crippen molar-refractivity contribution in [3.63, 3.8) is 0 Å². The van der Waals surface area contributed by atoms with E-state index in [1.807, 2.05) is 69.4 Å². The quantitative estimate of drug-likeness (QED) is 0.622. The molecule has 1 aliphatic rings. The molecule has 0 N–H and O–H groups in total. The number of rotatable bonds is 4. The first kappa shape index (κ1) is 21.7. The van der Waals surface area contributed by atoms with Gasteiger partial charge in [0.15, 0.2) is 0 Å². The average molecular weight is 434 g/mol. The maximum absolute atomic E-state index is 13.3. The average Bonchev–Trinajstić information content (AvgIpc) is 2.77. The van der Waals surface area contributed by atoms with Crippen molar-refractivity contribution in [1.29, 1.82) is 0 Å². The van der Waals surface area contributed by atoms with E-state index < -0.39 is 17.2 Å². The van der Waals surface area contributed by atoms with Crippen molar-refractivity contribution in [2.45, 2.75) is 20.4 Å². The van der Waals surface area contributed by atoms with Gasteiger partial charge >= 0.3 is 5.69 Å². The number of hydrogen-bond donors (Lipinski definition) is 0. The predicted octanol–water partition coefficient (Wildman–Crippen LogP) is 1.45. The number of piperazine rings is 1. The minimum absolute atomic E-state index is 0.0643. The van der Waals surface area contributed by atoms with Gasteiger partial charge in [-0.3, -0.25) is 14.2 Å². The van der Waals surface area contributed by atoms with Crippen molar-refractivity contribution >= 4 is 5.91 Å². The van der Waals surface area contributed by atoms with Crippen LogP contribution in [0.15, 0.2) is 58.1 Å². The molecule has 3 aromatic rings. The van der Waals surface area contributed by atoms with Gasteiger partial charge in [-0.1, -0.05) is 36.4 Å². The van der Waals surface area contributed by atoms with Gasteiger partial charge in [0.25, 0.3) is 11.5 Å². The summed E-state index contributed by atoms with van der Waals surface area (Å²) < 4.78 is 2.27. The van der Waals surface area contributed by atoms with E-state index in [1.165, 1.54) is 4.68 Å². The van der Waals surface area contributed by atoms with Crippen molar-refractivity contribution in [1.82, 2.24) is 24.1 Å². The molecular weight excluding hydrogens is 406 g/mol. The summed E-state index contributed by atoms with van der Waals surface area (Å²) in [6, 6.07) is 14.9. The maximum Gasteiger partial charge on any atom is 0.352 e. The number of hydrogen-bond acceptors (Lipinski definition) is 5. The SMILES string of the molecule is Cc1cc(C)cc(-n2nc(C(=O)N3CCN(C)CC3)c(=O)n(Cc3ccccc3)c2=O)c1. The van der Waals surface area contributed by atoms with Gasteiger partial charge in [-0.15, -0.1) is 0 Å². The molecule has 0 atom stereocenters. The molecule has 1 amide bonds. The Kier molecular flexibility index (Phi) is 6.05. The molecular formula is C24H27N5O3. The highest BCUT2D eigenvalue weighted by Gasteiger charge is 2.27. The number of benzene rings is 2. The second-order valence-electron chi connectivity index (χ2n) is 8.36. The first-order chi connectivity index (χ1) is 15.3. The number of carbonyl (C=O) groups excluding carboxylic acids is 1. The van der Waals surface area contributed by atoms with Gasteiger partial charge in [-0.2, -0.15) is 9.78 Å². The Hall–Kier alpha value is -3.52. The Labute approximate surface area is 186 Å². The third-order valence-electron chi connectivity index (χ3n) is 5.69. The lowest BCUT2D eigenvalue weighted by atomic mass is 10.1. The molecule has 0 unspecified atom stereocenters. The highest BCUT2D eigenvalue weighted by Crippen LogP contribution is 2.12. The fourth-order valence-corrected chi connectivity index (χ4v) is 3.95. The van der Waals surface area contributed by atoms with E-state index >= 15 is 0 Å². The molecule has 0 bridgehead atoms. The molecule has 166 valence electrons. The van der Waals surface area contributed by atoms with Gasteiger partial charge < -0.3 is 9.80 Å². The normalized spacial score (nSPS) is 14.5. The molecule has 2 aromatic carbocycles. The van der Waals surface area contributed by atoms with Crippen LogP contribution < -0.4 is 11.2 Å². The van der Waals surface area contributed by atoms with E-state index in [9.17, 15) is 14.4 Å². The number of nitrogens with zero attached hydrogens (tertiary/aromatic N) is 5. The first-order valence-electron chi connectivity index (χ1n) is 10.7. The minimum Gasteiger partial charge on any atom is -0.335 e. The van der Waals surface area contributed by atoms with Gasteiger partial charge in [0, 0.05) is 26.2 Å². The topological polar surface area (TPSA) is 80.4 Å². The molecule has 8 nitrogen and oxygen atoms in total. The molecule has 32 heavy (non-hydrogen) atoms. The lowest BCUT2D eigenvalue weighted by molar-refractivity contribution is 0.0652. The van der Waals surface area contributed by atoms with Crippen LogP contribution in [0.5, 0.6) is 0 Å². The van der Waals surface area contributed by atoms with Gasteiger partial charge in [-0.05, 0) is 49.7 Å². The van der Waals surface area contributed by atoms with Crippen LogP contribution in [0.3, 0.4) is 0 Å². The highest BCUT2D eigenvalue weighted by atomic mass is 16.2. The molecule has 1 aromatic heterocycles. The number of carbonyl (C=O) groups is 1. The van der Waals surface area contributed by atoms with E-state index in [4.69, 9.17) is 0 Å². The fourth-order valence-electron chi connectivity index (χ4n) is 3.95. The largest absolute Gasteiger partial charge is 0.352 e. The van der Waals surface area contributed by atoms with Crippen LogP contribution in [0, 0.1) is 13.8 Å². The van der Waals surface area contributed by atoms with Crippen LogP contribution in [0.4, 0.5) is 0 Å². The summed E-state index contributed by atoms with van der Waals surface area (Å²) >= 11 is 0.